The SMILES string of the molecule is CCCOc1cccc(Nc2ncc(C(F)(F)F)c(OCC)n2)c1. The van der Waals surface area contributed by atoms with E-state index in [0.717, 1.165) is 6.42 Å². The highest BCUT2D eigenvalue weighted by Gasteiger charge is 2.36. The predicted octanol–water partition coefficient (Wildman–Crippen LogP) is 4.43. The van der Waals surface area contributed by atoms with Crippen molar-refractivity contribution in [3.05, 3.63) is 36.0 Å². The molecule has 0 saturated carbocycles. The number of benzene rings is 1. The van der Waals surface area contributed by atoms with Crippen molar-refractivity contribution in [2.75, 3.05) is 18.5 Å². The van der Waals surface area contributed by atoms with Gasteiger partial charge in [-0.25, -0.2) is 4.98 Å². The molecule has 0 radical (unpaired) electrons. The van der Waals surface area contributed by atoms with E-state index < -0.39 is 17.6 Å². The largest absolute Gasteiger partial charge is 0.494 e. The van der Waals surface area contributed by atoms with Crippen molar-refractivity contribution in [3.8, 4) is 11.6 Å². The molecule has 130 valence electrons. The maximum atomic E-state index is 12.9. The third-order valence-corrected chi connectivity index (χ3v) is 2.90. The molecule has 1 N–H and O–H groups in total. The number of anilines is 2. The van der Waals surface area contributed by atoms with Crippen LogP contribution in [0.15, 0.2) is 30.5 Å². The molecule has 0 aliphatic heterocycles. The lowest BCUT2D eigenvalue weighted by Crippen LogP contribution is -2.12. The Labute approximate surface area is 137 Å². The van der Waals surface area contributed by atoms with Gasteiger partial charge in [0.1, 0.15) is 11.3 Å². The average Bonchev–Trinajstić information content (AvgIpc) is 2.53. The minimum absolute atomic E-state index is 0.0130. The number of nitrogens with one attached hydrogen (secondary N) is 1. The first-order valence-electron chi connectivity index (χ1n) is 7.51. The molecular weight excluding hydrogens is 323 g/mol. The molecule has 2 aromatic rings. The van der Waals surface area contributed by atoms with E-state index in [4.69, 9.17) is 9.47 Å². The summed E-state index contributed by atoms with van der Waals surface area (Å²) in [7, 11) is 0. The molecule has 0 saturated heterocycles. The van der Waals surface area contributed by atoms with Gasteiger partial charge in [-0.2, -0.15) is 18.2 Å². The number of halogens is 3. The fourth-order valence-corrected chi connectivity index (χ4v) is 1.88. The zero-order valence-corrected chi connectivity index (χ0v) is 13.4. The predicted molar refractivity (Wildman–Crippen MR) is 83.7 cm³/mol. The van der Waals surface area contributed by atoms with Crippen molar-refractivity contribution in [3.63, 3.8) is 0 Å². The molecule has 0 bridgehead atoms. The topological polar surface area (TPSA) is 56.3 Å². The smallest absolute Gasteiger partial charge is 0.423 e. The maximum absolute atomic E-state index is 12.9. The van der Waals surface area contributed by atoms with Gasteiger partial charge in [-0.3, -0.25) is 0 Å². The van der Waals surface area contributed by atoms with Crippen LogP contribution in [0, 0.1) is 0 Å². The first-order chi connectivity index (χ1) is 11.4. The number of rotatable bonds is 7. The van der Waals surface area contributed by atoms with Crippen LogP contribution in [-0.4, -0.2) is 23.2 Å². The van der Waals surface area contributed by atoms with Crippen LogP contribution in [-0.2, 0) is 6.18 Å². The first-order valence-corrected chi connectivity index (χ1v) is 7.51. The second-order valence-electron chi connectivity index (χ2n) is 4.84. The Hall–Kier alpha value is -2.51. The van der Waals surface area contributed by atoms with Crippen molar-refractivity contribution >= 4 is 11.6 Å². The summed E-state index contributed by atoms with van der Waals surface area (Å²) in [5.41, 5.74) is -0.402. The highest BCUT2D eigenvalue weighted by molar-refractivity contribution is 5.56. The monoisotopic (exact) mass is 341 g/mol. The Morgan fingerprint density at radius 1 is 1.17 bits per heavy atom. The van der Waals surface area contributed by atoms with Gasteiger partial charge in [0.05, 0.1) is 13.2 Å². The van der Waals surface area contributed by atoms with E-state index in [-0.39, 0.29) is 12.6 Å². The van der Waals surface area contributed by atoms with E-state index in [9.17, 15) is 13.2 Å². The van der Waals surface area contributed by atoms with Crippen LogP contribution in [0.4, 0.5) is 24.8 Å². The normalized spacial score (nSPS) is 11.2. The summed E-state index contributed by atoms with van der Waals surface area (Å²) in [4.78, 5) is 7.52. The summed E-state index contributed by atoms with van der Waals surface area (Å²) in [6.45, 7) is 4.23. The summed E-state index contributed by atoms with van der Waals surface area (Å²) < 4.78 is 49.2. The third-order valence-electron chi connectivity index (χ3n) is 2.90. The van der Waals surface area contributed by atoms with Gasteiger partial charge in [-0.15, -0.1) is 0 Å². The number of alkyl halides is 3. The van der Waals surface area contributed by atoms with E-state index in [1.807, 2.05) is 6.92 Å². The van der Waals surface area contributed by atoms with Gasteiger partial charge in [-0.05, 0) is 25.5 Å². The Balaban J connectivity index is 2.22. The molecule has 1 aromatic carbocycles. The molecule has 1 heterocycles. The van der Waals surface area contributed by atoms with Crippen molar-refractivity contribution in [2.45, 2.75) is 26.4 Å². The molecule has 1 aromatic heterocycles. The number of hydrogen-bond acceptors (Lipinski definition) is 5. The summed E-state index contributed by atoms with van der Waals surface area (Å²) in [6.07, 6.45) is -2.99. The van der Waals surface area contributed by atoms with Gasteiger partial charge >= 0.3 is 6.18 Å². The first kappa shape index (κ1) is 17.8. The fourth-order valence-electron chi connectivity index (χ4n) is 1.88. The van der Waals surface area contributed by atoms with Crippen molar-refractivity contribution in [1.29, 1.82) is 0 Å². The quantitative estimate of drug-likeness (QED) is 0.807. The number of nitrogens with zero attached hydrogens (tertiary/aromatic N) is 2. The molecule has 24 heavy (non-hydrogen) atoms. The van der Waals surface area contributed by atoms with Gasteiger partial charge in [-0.1, -0.05) is 13.0 Å². The molecule has 0 atom stereocenters. The molecule has 0 aliphatic rings. The van der Waals surface area contributed by atoms with Gasteiger partial charge in [0, 0.05) is 18.0 Å². The van der Waals surface area contributed by atoms with Gasteiger partial charge in [0.15, 0.2) is 0 Å². The zero-order chi connectivity index (χ0) is 17.6. The number of aromatic nitrogens is 2. The van der Waals surface area contributed by atoms with Crippen molar-refractivity contribution in [1.82, 2.24) is 9.97 Å². The van der Waals surface area contributed by atoms with Crippen LogP contribution in [0.5, 0.6) is 11.6 Å². The molecular formula is C16H18F3N3O2. The maximum Gasteiger partial charge on any atom is 0.423 e. The van der Waals surface area contributed by atoms with Crippen LogP contribution >= 0.6 is 0 Å². The molecule has 8 heteroatoms. The Morgan fingerprint density at radius 3 is 2.62 bits per heavy atom. The molecule has 2 rings (SSSR count). The Kier molecular flexibility index (Phi) is 5.83. The van der Waals surface area contributed by atoms with E-state index in [2.05, 4.69) is 15.3 Å². The Bertz CT molecular complexity index is 678. The van der Waals surface area contributed by atoms with Gasteiger partial charge in [0.2, 0.25) is 11.8 Å². The fraction of sp³-hybridized carbons (Fsp3) is 0.375. The molecule has 0 spiro atoms. The zero-order valence-electron chi connectivity index (χ0n) is 13.4. The second kappa shape index (κ2) is 7.85. The minimum atomic E-state index is -4.57. The molecule has 0 fully saturated rings. The average molecular weight is 341 g/mol. The minimum Gasteiger partial charge on any atom is -0.494 e. The van der Waals surface area contributed by atoms with Gasteiger partial charge < -0.3 is 14.8 Å². The number of ether oxygens (including phenoxy) is 2. The van der Waals surface area contributed by atoms with E-state index >= 15 is 0 Å². The highest BCUT2D eigenvalue weighted by atomic mass is 19.4. The summed E-state index contributed by atoms with van der Waals surface area (Å²) in [5, 5.41) is 2.85. The number of hydrogen-bond donors (Lipinski definition) is 1. The van der Waals surface area contributed by atoms with E-state index in [0.29, 0.717) is 24.2 Å². The molecule has 5 nitrogen and oxygen atoms in total. The third kappa shape index (κ3) is 4.74. The highest BCUT2D eigenvalue weighted by Crippen LogP contribution is 2.35. The lowest BCUT2D eigenvalue weighted by Gasteiger charge is -2.13. The van der Waals surface area contributed by atoms with E-state index in [1.165, 1.54) is 0 Å². The summed E-state index contributed by atoms with van der Waals surface area (Å²) in [6, 6.07) is 7.01. The van der Waals surface area contributed by atoms with Crippen LogP contribution < -0.4 is 14.8 Å². The Morgan fingerprint density at radius 2 is 1.96 bits per heavy atom. The molecule has 0 aliphatic carbocycles. The van der Waals surface area contributed by atoms with E-state index in [1.54, 1.807) is 31.2 Å². The van der Waals surface area contributed by atoms with Crippen LogP contribution in [0.25, 0.3) is 0 Å². The summed E-state index contributed by atoms with van der Waals surface area (Å²) in [5.74, 6) is 0.166. The van der Waals surface area contributed by atoms with Crippen LogP contribution in [0.2, 0.25) is 0 Å². The second-order valence-corrected chi connectivity index (χ2v) is 4.84. The van der Waals surface area contributed by atoms with Crippen molar-refractivity contribution in [2.24, 2.45) is 0 Å². The molecule has 0 amide bonds. The lowest BCUT2D eigenvalue weighted by molar-refractivity contribution is -0.139. The van der Waals surface area contributed by atoms with Crippen LogP contribution in [0.3, 0.4) is 0 Å². The van der Waals surface area contributed by atoms with Crippen LogP contribution in [0.1, 0.15) is 25.8 Å². The standard InChI is InChI=1S/C16H18F3N3O2/c1-3-8-24-12-7-5-6-11(9-12)21-15-20-10-13(16(17,18)19)14(22-15)23-4-2/h5-7,9-10H,3-4,8H2,1-2H3,(H,20,21,22). The van der Waals surface area contributed by atoms with Gasteiger partial charge in [0.25, 0.3) is 0 Å². The molecule has 0 unspecified atom stereocenters. The van der Waals surface area contributed by atoms with Crippen molar-refractivity contribution < 1.29 is 22.6 Å². The summed E-state index contributed by atoms with van der Waals surface area (Å²) >= 11 is 0. The lowest BCUT2D eigenvalue weighted by atomic mass is 10.3.